The van der Waals surface area contributed by atoms with Crippen molar-refractivity contribution in [1.82, 2.24) is 15.6 Å². The third kappa shape index (κ3) is 5.79. The molecule has 1 amide bonds. The van der Waals surface area contributed by atoms with Crippen LogP contribution >= 0.6 is 11.3 Å². The highest BCUT2D eigenvalue weighted by Crippen LogP contribution is 2.21. The lowest BCUT2D eigenvalue weighted by molar-refractivity contribution is -0.117. The Kier molecular flexibility index (Phi) is 7.42. The first kappa shape index (κ1) is 20.3. The van der Waals surface area contributed by atoms with Crippen molar-refractivity contribution in [2.45, 2.75) is 45.6 Å². The van der Waals surface area contributed by atoms with E-state index in [9.17, 15) is 4.79 Å². The normalized spacial score (nSPS) is 14.6. The maximum Gasteiger partial charge on any atom is 0.227 e. The van der Waals surface area contributed by atoms with Gasteiger partial charge >= 0.3 is 0 Å². The first-order chi connectivity index (χ1) is 13.7. The van der Waals surface area contributed by atoms with Crippen molar-refractivity contribution in [3.8, 4) is 0 Å². The van der Waals surface area contributed by atoms with Crippen LogP contribution < -0.4 is 15.5 Å². The summed E-state index contributed by atoms with van der Waals surface area (Å²) in [6.45, 7) is 4.46. The number of rotatable bonds is 8. The van der Waals surface area contributed by atoms with Gasteiger partial charge in [0, 0.05) is 49.9 Å². The van der Waals surface area contributed by atoms with Crippen LogP contribution in [0.3, 0.4) is 0 Å². The molecule has 0 atom stereocenters. The molecule has 0 bridgehead atoms. The molecule has 2 N–H and O–H groups in total. The van der Waals surface area contributed by atoms with Crippen LogP contribution in [0.2, 0.25) is 0 Å². The zero-order valence-electron chi connectivity index (χ0n) is 16.7. The Labute approximate surface area is 171 Å². The number of aryl methyl sites for hydroxylation is 2. The summed E-state index contributed by atoms with van der Waals surface area (Å²) < 4.78 is 0. The summed E-state index contributed by atoms with van der Waals surface area (Å²) in [5.74, 6) is 1.03. The molecule has 1 aliphatic heterocycles. The minimum absolute atomic E-state index is 0.223. The number of amides is 1. The molecule has 0 aliphatic carbocycles. The van der Waals surface area contributed by atoms with Crippen LogP contribution in [0.5, 0.6) is 0 Å². The van der Waals surface area contributed by atoms with E-state index in [1.54, 1.807) is 18.4 Å². The topological polar surface area (TPSA) is 69.6 Å². The number of nitrogens with zero attached hydrogens (tertiary/aromatic N) is 3. The molecule has 3 rings (SSSR count). The van der Waals surface area contributed by atoms with Crippen molar-refractivity contribution in [3.05, 3.63) is 45.9 Å². The molecule has 0 unspecified atom stereocenters. The van der Waals surface area contributed by atoms with Gasteiger partial charge in [-0.25, -0.2) is 4.98 Å². The number of hydrogen-bond acceptors (Lipinski definition) is 4. The zero-order chi connectivity index (χ0) is 19.8. The van der Waals surface area contributed by atoms with E-state index >= 15 is 0 Å². The summed E-state index contributed by atoms with van der Waals surface area (Å²) in [6.07, 6.45) is 4.85. The molecule has 1 fully saturated rings. The Morgan fingerprint density at radius 1 is 1.25 bits per heavy atom. The molecule has 1 saturated heterocycles. The molecule has 0 saturated carbocycles. The first-order valence-electron chi connectivity index (χ1n) is 9.90. The zero-order valence-corrected chi connectivity index (χ0v) is 17.5. The highest BCUT2D eigenvalue weighted by Gasteiger charge is 2.21. The smallest absolute Gasteiger partial charge is 0.227 e. The van der Waals surface area contributed by atoms with Gasteiger partial charge in [-0.15, -0.1) is 11.3 Å². The summed E-state index contributed by atoms with van der Waals surface area (Å²) in [5.41, 5.74) is 3.27. The fraction of sp³-hybridized carbons (Fsp3) is 0.476. The average molecular weight is 400 g/mol. The van der Waals surface area contributed by atoms with Crippen LogP contribution in [-0.4, -0.2) is 37.0 Å². The lowest BCUT2D eigenvalue weighted by Gasteiger charge is -2.16. The van der Waals surface area contributed by atoms with Gasteiger partial charge in [-0.05, 0) is 50.3 Å². The van der Waals surface area contributed by atoms with Crippen molar-refractivity contribution >= 4 is 28.9 Å². The Morgan fingerprint density at radius 2 is 2.07 bits per heavy atom. The number of aliphatic imine (C=N–C) groups is 1. The van der Waals surface area contributed by atoms with Crippen LogP contribution in [0.4, 0.5) is 5.69 Å². The largest absolute Gasteiger partial charge is 0.356 e. The Morgan fingerprint density at radius 3 is 2.71 bits per heavy atom. The molecule has 1 aromatic carbocycles. The highest BCUT2D eigenvalue weighted by molar-refractivity contribution is 7.09. The van der Waals surface area contributed by atoms with Gasteiger partial charge in [-0.3, -0.25) is 9.79 Å². The van der Waals surface area contributed by atoms with E-state index in [4.69, 9.17) is 0 Å². The van der Waals surface area contributed by atoms with Crippen LogP contribution in [0.1, 0.15) is 41.9 Å². The summed E-state index contributed by atoms with van der Waals surface area (Å²) in [5, 5.41) is 10.0. The predicted molar refractivity (Wildman–Crippen MR) is 116 cm³/mol. The van der Waals surface area contributed by atoms with Crippen LogP contribution in [0.25, 0.3) is 0 Å². The third-order valence-corrected chi connectivity index (χ3v) is 5.81. The second-order valence-corrected chi connectivity index (χ2v) is 7.95. The maximum absolute atomic E-state index is 11.8. The second-order valence-electron chi connectivity index (χ2n) is 7.01. The standard InChI is InChI=1S/C21H29N5OS/c1-16-15-28-19(25-16)6-3-4-12-23-21(22-2)24-14-17-8-10-18(11-9-17)26-13-5-7-20(26)27/h8-11,15H,3-7,12-14H2,1-2H3,(H2,22,23,24). The molecule has 0 radical (unpaired) electrons. The van der Waals surface area contributed by atoms with E-state index in [0.29, 0.717) is 13.0 Å². The van der Waals surface area contributed by atoms with Crippen molar-refractivity contribution in [1.29, 1.82) is 0 Å². The van der Waals surface area contributed by atoms with Gasteiger partial charge in [0.25, 0.3) is 0 Å². The molecule has 2 heterocycles. The van der Waals surface area contributed by atoms with Gasteiger partial charge in [0.05, 0.1) is 5.01 Å². The van der Waals surface area contributed by atoms with E-state index in [1.807, 2.05) is 24.0 Å². The predicted octanol–water partition coefficient (Wildman–Crippen LogP) is 3.27. The van der Waals surface area contributed by atoms with Gasteiger partial charge in [0.15, 0.2) is 5.96 Å². The van der Waals surface area contributed by atoms with Gasteiger partial charge < -0.3 is 15.5 Å². The van der Waals surface area contributed by atoms with Crippen molar-refractivity contribution in [2.24, 2.45) is 4.99 Å². The SMILES string of the molecule is CN=C(NCCCCc1nc(C)cs1)NCc1ccc(N2CCCC2=O)cc1. The number of benzene rings is 1. The molecular weight excluding hydrogens is 370 g/mol. The van der Waals surface area contributed by atoms with Crippen molar-refractivity contribution < 1.29 is 4.79 Å². The molecular formula is C21H29N5OS. The lowest BCUT2D eigenvalue weighted by atomic mass is 10.2. The molecule has 7 heteroatoms. The minimum Gasteiger partial charge on any atom is -0.356 e. The minimum atomic E-state index is 0.223. The van der Waals surface area contributed by atoms with Gasteiger partial charge in [0.2, 0.25) is 5.91 Å². The monoisotopic (exact) mass is 399 g/mol. The Balaban J connectivity index is 1.36. The number of carbonyl (C=O) groups excluding carboxylic acids is 1. The van der Waals surface area contributed by atoms with Gasteiger partial charge in [-0.1, -0.05) is 12.1 Å². The van der Waals surface area contributed by atoms with E-state index in [0.717, 1.165) is 61.7 Å². The number of hydrogen-bond donors (Lipinski definition) is 2. The quantitative estimate of drug-likeness (QED) is 0.406. The molecule has 2 aromatic rings. The molecule has 1 aliphatic rings. The number of aromatic nitrogens is 1. The fourth-order valence-electron chi connectivity index (χ4n) is 3.25. The molecule has 28 heavy (non-hydrogen) atoms. The number of anilines is 1. The molecule has 1 aromatic heterocycles. The number of unbranched alkanes of at least 4 members (excludes halogenated alkanes) is 1. The number of carbonyl (C=O) groups is 1. The maximum atomic E-state index is 11.8. The molecule has 150 valence electrons. The van der Waals surface area contributed by atoms with Crippen LogP contribution in [0.15, 0.2) is 34.6 Å². The summed E-state index contributed by atoms with van der Waals surface area (Å²) in [6, 6.07) is 8.18. The lowest BCUT2D eigenvalue weighted by Crippen LogP contribution is -2.37. The summed E-state index contributed by atoms with van der Waals surface area (Å²) in [4.78, 5) is 22.5. The second kappa shape index (κ2) is 10.2. The number of guanidine groups is 1. The number of nitrogens with one attached hydrogen (secondary N) is 2. The Bertz CT molecular complexity index is 799. The third-order valence-electron chi connectivity index (χ3n) is 4.78. The van der Waals surface area contributed by atoms with Gasteiger partial charge in [0.1, 0.15) is 0 Å². The van der Waals surface area contributed by atoms with Gasteiger partial charge in [-0.2, -0.15) is 0 Å². The first-order valence-corrected chi connectivity index (χ1v) is 10.8. The number of thiazole rings is 1. The van der Waals surface area contributed by atoms with E-state index in [2.05, 4.69) is 38.1 Å². The highest BCUT2D eigenvalue weighted by atomic mass is 32.1. The molecule has 6 nitrogen and oxygen atoms in total. The van der Waals surface area contributed by atoms with Crippen LogP contribution in [-0.2, 0) is 17.8 Å². The van der Waals surface area contributed by atoms with E-state index in [1.165, 1.54) is 5.01 Å². The fourth-order valence-corrected chi connectivity index (χ4v) is 4.07. The van der Waals surface area contributed by atoms with E-state index in [-0.39, 0.29) is 5.91 Å². The summed E-state index contributed by atoms with van der Waals surface area (Å²) in [7, 11) is 1.79. The summed E-state index contributed by atoms with van der Waals surface area (Å²) >= 11 is 1.74. The Hall–Kier alpha value is -2.41. The van der Waals surface area contributed by atoms with Crippen molar-refractivity contribution in [2.75, 3.05) is 25.0 Å². The van der Waals surface area contributed by atoms with Crippen molar-refractivity contribution in [3.63, 3.8) is 0 Å². The van der Waals surface area contributed by atoms with E-state index < -0.39 is 0 Å². The average Bonchev–Trinajstić information content (AvgIpc) is 3.32. The van der Waals surface area contributed by atoms with Crippen LogP contribution in [0, 0.1) is 6.92 Å². The molecule has 0 spiro atoms.